The average Bonchev–Trinajstić information content (AvgIpc) is 2.84. The average molecular weight is 525 g/mol. The molecule has 0 spiro atoms. The third-order valence-corrected chi connectivity index (χ3v) is 9.20. The Labute approximate surface area is 211 Å². The first-order valence-electron chi connectivity index (χ1n) is 11.8. The smallest absolute Gasteiger partial charge is 0.241 e. The fourth-order valence-electron chi connectivity index (χ4n) is 5.18. The lowest BCUT2D eigenvalue weighted by Crippen LogP contribution is -2.53. The van der Waals surface area contributed by atoms with Crippen LogP contribution >= 0.6 is 23.2 Å². The Morgan fingerprint density at radius 2 is 1.71 bits per heavy atom. The molecule has 34 heavy (non-hydrogen) atoms. The molecule has 9 heteroatoms. The number of hydrogen-bond donors (Lipinski definition) is 2. The van der Waals surface area contributed by atoms with Gasteiger partial charge in [0.15, 0.2) is 0 Å². The Morgan fingerprint density at radius 3 is 2.38 bits per heavy atom. The first-order valence-corrected chi connectivity index (χ1v) is 14.1. The minimum absolute atomic E-state index is 0.0550. The number of amides is 1. The van der Waals surface area contributed by atoms with E-state index in [1.165, 1.54) is 31.4 Å². The fraction of sp³-hybridized carbons (Fsp3) is 0.480. The molecule has 1 amide bonds. The number of piperidine rings is 1. The Hall–Kier alpha value is -1.80. The van der Waals surface area contributed by atoms with Crippen LogP contribution in [0.2, 0.25) is 10.0 Å². The molecule has 6 nitrogen and oxygen atoms in total. The molecule has 0 aromatic heterocycles. The lowest BCUT2D eigenvalue weighted by molar-refractivity contribution is -0.136. The number of hydrogen-bond acceptors (Lipinski definition) is 4. The molecular formula is C25H31Cl2N3O3S. The summed E-state index contributed by atoms with van der Waals surface area (Å²) in [5, 5.41) is 0.110. The predicted octanol–water partition coefficient (Wildman–Crippen LogP) is 4.89. The van der Waals surface area contributed by atoms with Crippen LogP contribution in [0.15, 0.2) is 47.4 Å². The molecule has 1 saturated carbocycles. The maximum atomic E-state index is 13.6. The van der Waals surface area contributed by atoms with Crippen molar-refractivity contribution in [3.05, 3.63) is 58.1 Å². The third-order valence-electron chi connectivity index (χ3n) is 7.13. The van der Waals surface area contributed by atoms with Gasteiger partial charge in [0.25, 0.3) is 0 Å². The summed E-state index contributed by atoms with van der Waals surface area (Å²) in [5.74, 6) is 1.01. The van der Waals surface area contributed by atoms with Crippen molar-refractivity contribution >= 4 is 44.8 Å². The van der Waals surface area contributed by atoms with Crippen LogP contribution in [-0.4, -0.2) is 38.4 Å². The van der Waals surface area contributed by atoms with Gasteiger partial charge in [0.05, 0.1) is 20.6 Å². The number of carbonyl (C=O) groups excluding carboxylic acids is 1. The van der Waals surface area contributed by atoms with Gasteiger partial charge in [0.1, 0.15) is 6.04 Å². The number of halogens is 2. The standard InChI is InChI=1S/C25H31Cl2N3O3S/c26-21-14-20(15-22(27)24(21)28)34(32,33)29-23(11-10-17-6-2-1-3-7-17)25(31)30-13-12-18-8-4-5-9-19(18)16-30/h1-3,6-7,14-15,18-19,23,29H,4-5,8-13,16,28H2/t18-,19-,23+/m0/s1. The van der Waals surface area contributed by atoms with Crippen LogP contribution in [0.4, 0.5) is 5.69 Å². The number of fused-ring (bicyclic) bond motifs is 1. The van der Waals surface area contributed by atoms with Crippen molar-refractivity contribution in [1.82, 2.24) is 9.62 Å². The van der Waals surface area contributed by atoms with Gasteiger partial charge >= 0.3 is 0 Å². The van der Waals surface area contributed by atoms with Crippen molar-refractivity contribution in [2.24, 2.45) is 11.8 Å². The first kappa shape index (κ1) is 25.3. The highest BCUT2D eigenvalue weighted by Gasteiger charge is 2.36. The summed E-state index contributed by atoms with van der Waals surface area (Å²) < 4.78 is 29.1. The van der Waals surface area contributed by atoms with Crippen LogP contribution in [0.25, 0.3) is 0 Å². The van der Waals surface area contributed by atoms with Gasteiger partial charge in [0, 0.05) is 13.1 Å². The van der Waals surface area contributed by atoms with Gasteiger partial charge < -0.3 is 10.6 Å². The summed E-state index contributed by atoms with van der Waals surface area (Å²) >= 11 is 12.2. The summed E-state index contributed by atoms with van der Waals surface area (Å²) in [4.78, 5) is 15.4. The van der Waals surface area contributed by atoms with E-state index in [2.05, 4.69) is 4.72 Å². The van der Waals surface area contributed by atoms with Crippen molar-refractivity contribution in [1.29, 1.82) is 0 Å². The zero-order chi connectivity index (χ0) is 24.3. The van der Waals surface area contributed by atoms with E-state index in [0.29, 0.717) is 37.8 Å². The maximum absolute atomic E-state index is 13.6. The molecule has 4 rings (SSSR count). The summed E-state index contributed by atoms with van der Waals surface area (Å²) in [6.07, 6.45) is 6.74. The van der Waals surface area contributed by atoms with Crippen molar-refractivity contribution in [2.45, 2.75) is 55.9 Å². The predicted molar refractivity (Wildman–Crippen MR) is 136 cm³/mol. The number of rotatable bonds is 7. The second-order valence-corrected chi connectivity index (χ2v) is 11.9. The minimum atomic E-state index is -4.05. The number of nitrogens with one attached hydrogen (secondary N) is 1. The van der Waals surface area contributed by atoms with E-state index in [9.17, 15) is 13.2 Å². The Kier molecular flexibility index (Phi) is 8.08. The zero-order valence-electron chi connectivity index (χ0n) is 19.1. The second-order valence-electron chi connectivity index (χ2n) is 9.38. The van der Waals surface area contributed by atoms with E-state index in [0.717, 1.165) is 18.4 Å². The Morgan fingerprint density at radius 1 is 1.06 bits per heavy atom. The van der Waals surface area contributed by atoms with Crippen LogP contribution in [0, 0.1) is 11.8 Å². The summed E-state index contributed by atoms with van der Waals surface area (Å²) in [5.41, 5.74) is 6.93. The van der Waals surface area contributed by atoms with Crippen molar-refractivity contribution in [2.75, 3.05) is 18.8 Å². The monoisotopic (exact) mass is 523 g/mol. The lowest BCUT2D eigenvalue weighted by Gasteiger charge is -2.42. The topological polar surface area (TPSA) is 92.5 Å². The van der Waals surface area contributed by atoms with Gasteiger partial charge in [-0.25, -0.2) is 8.42 Å². The summed E-state index contributed by atoms with van der Waals surface area (Å²) in [6.45, 7) is 1.37. The van der Waals surface area contributed by atoms with Crippen LogP contribution in [0.1, 0.15) is 44.1 Å². The number of nitrogens with zero attached hydrogens (tertiary/aromatic N) is 1. The largest absolute Gasteiger partial charge is 0.396 e. The highest BCUT2D eigenvalue weighted by atomic mass is 35.5. The van der Waals surface area contributed by atoms with Crippen LogP contribution < -0.4 is 10.5 Å². The molecule has 0 bridgehead atoms. The lowest BCUT2D eigenvalue weighted by atomic mass is 9.75. The van der Waals surface area contributed by atoms with Crippen LogP contribution in [0.3, 0.4) is 0 Å². The van der Waals surface area contributed by atoms with Gasteiger partial charge in [-0.15, -0.1) is 0 Å². The van der Waals surface area contributed by atoms with Crippen molar-refractivity contribution in [3.63, 3.8) is 0 Å². The summed E-state index contributed by atoms with van der Waals surface area (Å²) in [7, 11) is -4.05. The Balaban J connectivity index is 1.55. The molecule has 1 aliphatic heterocycles. The van der Waals surface area contributed by atoms with Gasteiger partial charge in [-0.2, -0.15) is 4.72 Å². The number of likely N-dealkylation sites (tertiary alicyclic amines) is 1. The molecule has 2 aromatic rings. The zero-order valence-corrected chi connectivity index (χ0v) is 21.4. The highest BCUT2D eigenvalue weighted by Crippen LogP contribution is 2.36. The molecule has 2 fully saturated rings. The third kappa shape index (κ3) is 5.88. The highest BCUT2D eigenvalue weighted by molar-refractivity contribution is 7.89. The molecule has 0 radical (unpaired) electrons. The maximum Gasteiger partial charge on any atom is 0.241 e. The molecule has 0 unspecified atom stereocenters. The molecule has 1 aliphatic carbocycles. The van der Waals surface area contributed by atoms with Gasteiger partial charge in [0.2, 0.25) is 15.9 Å². The van der Waals surface area contributed by atoms with E-state index in [4.69, 9.17) is 28.9 Å². The number of anilines is 1. The summed E-state index contributed by atoms with van der Waals surface area (Å²) in [6, 6.07) is 11.4. The number of sulfonamides is 1. The normalized spacial score (nSPS) is 21.6. The van der Waals surface area contributed by atoms with E-state index in [1.807, 2.05) is 35.2 Å². The molecule has 2 aromatic carbocycles. The number of benzene rings is 2. The quantitative estimate of drug-likeness (QED) is 0.505. The number of carbonyl (C=O) groups is 1. The van der Waals surface area contributed by atoms with Crippen LogP contribution in [0.5, 0.6) is 0 Å². The molecule has 2 aliphatic rings. The SMILES string of the molecule is Nc1c(Cl)cc(S(=O)(=O)N[C@H](CCc2ccccc2)C(=O)N2CC[C@@H]3CCCC[C@H]3C2)cc1Cl. The van der Waals surface area contributed by atoms with Crippen LogP contribution in [-0.2, 0) is 21.2 Å². The number of nitrogens with two attached hydrogens (primary N) is 1. The number of nitrogen functional groups attached to an aromatic ring is 1. The molecule has 1 heterocycles. The van der Waals surface area contributed by atoms with Gasteiger partial charge in [-0.3, -0.25) is 4.79 Å². The van der Waals surface area contributed by atoms with Gasteiger partial charge in [-0.1, -0.05) is 72.8 Å². The Bertz CT molecular complexity index is 1100. The van der Waals surface area contributed by atoms with Gasteiger partial charge in [-0.05, 0) is 55.2 Å². The van der Waals surface area contributed by atoms with E-state index >= 15 is 0 Å². The minimum Gasteiger partial charge on any atom is -0.396 e. The van der Waals surface area contributed by atoms with E-state index < -0.39 is 16.1 Å². The first-order chi connectivity index (χ1) is 16.2. The van der Waals surface area contributed by atoms with Crippen molar-refractivity contribution in [3.8, 4) is 0 Å². The number of aryl methyl sites for hydroxylation is 1. The molecule has 3 N–H and O–H groups in total. The second kappa shape index (κ2) is 10.9. The van der Waals surface area contributed by atoms with Crippen molar-refractivity contribution < 1.29 is 13.2 Å². The molecular weight excluding hydrogens is 493 g/mol. The fourth-order valence-corrected chi connectivity index (χ4v) is 7.07. The van der Waals surface area contributed by atoms with E-state index in [-0.39, 0.29) is 26.5 Å². The molecule has 1 saturated heterocycles. The molecule has 184 valence electrons. The van der Waals surface area contributed by atoms with E-state index in [1.54, 1.807) is 0 Å². The molecule has 3 atom stereocenters.